The molecule has 0 aromatic heterocycles. The molecule has 0 unspecified atom stereocenters. The number of nitrogens with one attached hydrogen (secondary N) is 1. The van der Waals surface area contributed by atoms with Crippen LogP contribution in [0.1, 0.15) is 58.3 Å². The van der Waals surface area contributed by atoms with Crippen molar-refractivity contribution in [3.05, 3.63) is 0 Å². The normalized spacial score (nSPS) is 32.9. The van der Waals surface area contributed by atoms with Crippen LogP contribution in [0.5, 0.6) is 0 Å². The lowest BCUT2D eigenvalue weighted by molar-refractivity contribution is -0.0382. The van der Waals surface area contributed by atoms with E-state index < -0.39 is 0 Å². The van der Waals surface area contributed by atoms with Crippen LogP contribution in [-0.4, -0.2) is 55.5 Å². The molecule has 1 atom stereocenters. The number of hydrogen-bond acceptors (Lipinski definition) is 3. The van der Waals surface area contributed by atoms with Gasteiger partial charge >= 0.3 is 6.03 Å². The maximum Gasteiger partial charge on any atom is 0.317 e. The van der Waals surface area contributed by atoms with E-state index in [2.05, 4.69) is 12.2 Å². The van der Waals surface area contributed by atoms with Crippen molar-refractivity contribution in [2.45, 2.75) is 76.5 Å². The highest BCUT2D eigenvalue weighted by Gasteiger charge is 2.27. The first-order chi connectivity index (χ1) is 11.2. The van der Waals surface area contributed by atoms with Crippen molar-refractivity contribution in [1.82, 2.24) is 10.2 Å². The predicted molar refractivity (Wildman–Crippen MR) is 89.5 cm³/mol. The highest BCUT2D eigenvalue weighted by molar-refractivity contribution is 5.74. The third-order valence-electron chi connectivity index (χ3n) is 5.61. The van der Waals surface area contributed by atoms with E-state index in [1.165, 1.54) is 12.8 Å². The van der Waals surface area contributed by atoms with E-state index in [4.69, 9.17) is 9.47 Å². The quantitative estimate of drug-likeness (QED) is 0.865. The van der Waals surface area contributed by atoms with E-state index in [-0.39, 0.29) is 6.03 Å². The fourth-order valence-electron chi connectivity index (χ4n) is 3.92. The van der Waals surface area contributed by atoms with Crippen molar-refractivity contribution in [3.8, 4) is 0 Å². The van der Waals surface area contributed by atoms with Gasteiger partial charge in [0.2, 0.25) is 0 Å². The maximum absolute atomic E-state index is 12.4. The second-order valence-electron chi connectivity index (χ2n) is 7.56. The number of rotatable bonds is 4. The molecule has 0 radical (unpaired) electrons. The minimum atomic E-state index is 0.127. The van der Waals surface area contributed by atoms with Gasteiger partial charge < -0.3 is 19.7 Å². The second-order valence-corrected chi connectivity index (χ2v) is 7.56. The lowest BCUT2D eigenvalue weighted by Gasteiger charge is -2.34. The number of carbonyl (C=O) groups is 1. The summed E-state index contributed by atoms with van der Waals surface area (Å²) in [6.07, 6.45) is 9.51. The largest absolute Gasteiger partial charge is 0.376 e. The molecule has 3 aliphatic rings. The van der Waals surface area contributed by atoms with Crippen molar-refractivity contribution in [1.29, 1.82) is 0 Å². The standard InChI is InChI=1S/C18H32N2O3/c1-14-4-6-15(7-5-14)19-18(21)20-10-8-16(9-11-20)23-13-17-3-2-12-22-17/h14-17H,2-13H2,1H3,(H,19,21)/t14?,15?,17-/m1/s1. The summed E-state index contributed by atoms with van der Waals surface area (Å²) in [6.45, 7) is 5.53. The van der Waals surface area contributed by atoms with Crippen molar-refractivity contribution in [2.24, 2.45) is 5.92 Å². The molecule has 2 aliphatic heterocycles. The Labute approximate surface area is 140 Å². The van der Waals surface area contributed by atoms with Gasteiger partial charge in [-0.05, 0) is 57.3 Å². The molecular formula is C18H32N2O3. The SMILES string of the molecule is CC1CCC(NC(=O)N2CCC(OC[C@H]3CCCO3)CC2)CC1. The summed E-state index contributed by atoms with van der Waals surface area (Å²) in [5.41, 5.74) is 0. The zero-order chi connectivity index (χ0) is 16.1. The molecule has 1 saturated carbocycles. The third kappa shape index (κ3) is 5.08. The van der Waals surface area contributed by atoms with Crippen LogP contribution in [0.25, 0.3) is 0 Å². The first kappa shape index (κ1) is 17.0. The molecule has 1 N–H and O–H groups in total. The van der Waals surface area contributed by atoms with E-state index >= 15 is 0 Å². The summed E-state index contributed by atoms with van der Waals surface area (Å²) < 4.78 is 11.6. The fourth-order valence-corrected chi connectivity index (χ4v) is 3.92. The van der Waals surface area contributed by atoms with E-state index in [0.29, 0.717) is 18.2 Å². The zero-order valence-corrected chi connectivity index (χ0v) is 14.5. The molecule has 3 fully saturated rings. The van der Waals surface area contributed by atoms with Gasteiger partial charge in [-0.25, -0.2) is 4.79 Å². The van der Waals surface area contributed by atoms with Gasteiger partial charge in [-0.3, -0.25) is 0 Å². The minimum Gasteiger partial charge on any atom is -0.376 e. The van der Waals surface area contributed by atoms with Gasteiger partial charge in [0, 0.05) is 25.7 Å². The summed E-state index contributed by atoms with van der Waals surface area (Å²) in [5.74, 6) is 0.819. The molecule has 0 spiro atoms. The molecule has 5 nitrogen and oxygen atoms in total. The van der Waals surface area contributed by atoms with Crippen molar-refractivity contribution < 1.29 is 14.3 Å². The summed E-state index contributed by atoms with van der Waals surface area (Å²) >= 11 is 0. The topological polar surface area (TPSA) is 50.8 Å². The number of ether oxygens (including phenoxy) is 2. The maximum atomic E-state index is 12.4. The van der Waals surface area contributed by atoms with Gasteiger partial charge in [0.05, 0.1) is 18.8 Å². The Kier molecular flexibility index (Phi) is 6.17. The predicted octanol–water partition coefficient (Wildman–Crippen LogP) is 2.93. The molecule has 5 heteroatoms. The van der Waals surface area contributed by atoms with Crippen molar-refractivity contribution in [2.75, 3.05) is 26.3 Å². The highest BCUT2D eigenvalue weighted by atomic mass is 16.5. The van der Waals surface area contributed by atoms with Gasteiger partial charge in [-0.15, -0.1) is 0 Å². The Morgan fingerprint density at radius 3 is 2.52 bits per heavy atom. The average Bonchev–Trinajstić information content (AvgIpc) is 3.09. The first-order valence-electron chi connectivity index (χ1n) is 9.49. The summed E-state index contributed by atoms with van der Waals surface area (Å²) in [5, 5.41) is 3.23. The van der Waals surface area contributed by atoms with E-state index in [1.807, 2.05) is 4.90 Å². The van der Waals surface area contributed by atoms with Crippen LogP contribution in [0, 0.1) is 5.92 Å². The molecule has 2 amide bonds. The molecule has 0 bridgehead atoms. The second kappa shape index (κ2) is 8.34. The average molecular weight is 324 g/mol. The van der Waals surface area contributed by atoms with Gasteiger partial charge in [0.1, 0.15) is 0 Å². The summed E-state index contributed by atoms with van der Waals surface area (Å²) in [7, 11) is 0. The van der Waals surface area contributed by atoms with Crippen LogP contribution in [0.3, 0.4) is 0 Å². The molecule has 2 heterocycles. The summed E-state index contributed by atoms with van der Waals surface area (Å²) in [6, 6.07) is 0.509. The van der Waals surface area contributed by atoms with E-state index in [0.717, 1.165) is 70.7 Å². The van der Waals surface area contributed by atoms with Crippen LogP contribution in [0.2, 0.25) is 0 Å². The molecule has 0 aromatic rings. The first-order valence-corrected chi connectivity index (χ1v) is 9.49. The van der Waals surface area contributed by atoms with Crippen LogP contribution in [-0.2, 0) is 9.47 Å². The smallest absolute Gasteiger partial charge is 0.317 e. The van der Waals surface area contributed by atoms with Crippen molar-refractivity contribution in [3.63, 3.8) is 0 Å². The van der Waals surface area contributed by atoms with Crippen LogP contribution in [0.4, 0.5) is 4.79 Å². The lowest BCUT2D eigenvalue weighted by atomic mass is 9.87. The van der Waals surface area contributed by atoms with Crippen LogP contribution >= 0.6 is 0 Å². The van der Waals surface area contributed by atoms with E-state index in [9.17, 15) is 4.79 Å². The Balaban J connectivity index is 1.32. The van der Waals surface area contributed by atoms with Crippen molar-refractivity contribution >= 4 is 6.03 Å². The number of amides is 2. The molecule has 3 rings (SSSR count). The Bertz CT molecular complexity index is 368. The Hall–Kier alpha value is -0.810. The highest BCUT2D eigenvalue weighted by Crippen LogP contribution is 2.24. The number of urea groups is 1. The van der Waals surface area contributed by atoms with Gasteiger partial charge in [0.25, 0.3) is 0 Å². The molecular weight excluding hydrogens is 292 g/mol. The summed E-state index contributed by atoms with van der Waals surface area (Å²) in [4.78, 5) is 14.3. The number of nitrogens with zero attached hydrogens (tertiary/aromatic N) is 1. The monoisotopic (exact) mass is 324 g/mol. The fraction of sp³-hybridized carbons (Fsp3) is 0.944. The number of piperidine rings is 1. The van der Waals surface area contributed by atoms with Crippen LogP contribution < -0.4 is 5.32 Å². The number of carbonyl (C=O) groups excluding carboxylic acids is 1. The Morgan fingerprint density at radius 1 is 1.13 bits per heavy atom. The van der Waals surface area contributed by atoms with Gasteiger partial charge in [-0.1, -0.05) is 6.92 Å². The van der Waals surface area contributed by atoms with Gasteiger partial charge in [0.15, 0.2) is 0 Å². The van der Waals surface area contributed by atoms with E-state index in [1.54, 1.807) is 0 Å². The molecule has 2 saturated heterocycles. The molecule has 132 valence electrons. The van der Waals surface area contributed by atoms with Crippen LogP contribution in [0.15, 0.2) is 0 Å². The minimum absolute atomic E-state index is 0.127. The lowest BCUT2D eigenvalue weighted by Crippen LogP contribution is -2.49. The number of hydrogen-bond donors (Lipinski definition) is 1. The Morgan fingerprint density at radius 2 is 1.87 bits per heavy atom. The molecule has 0 aromatic carbocycles. The number of likely N-dealkylation sites (tertiary alicyclic amines) is 1. The van der Waals surface area contributed by atoms with Gasteiger partial charge in [-0.2, -0.15) is 0 Å². The molecule has 1 aliphatic carbocycles. The molecule has 23 heavy (non-hydrogen) atoms. The zero-order valence-electron chi connectivity index (χ0n) is 14.5. The third-order valence-corrected chi connectivity index (χ3v) is 5.61.